The van der Waals surface area contributed by atoms with Gasteiger partial charge in [-0.3, -0.25) is 10.1 Å². The van der Waals surface area contributed by atoms with Crippen molar-refractivity contribution < 1.29 is 9.66 Å². The van der Waals surface area contributed by atoms with Gasteiger partial charge in [-0.15, -0.1) is 24.0 Å². The summed E-state index contributed by atoms with van der Waals surface area (Å²) in [5.41, 5.74) is 1.04. The molecule has 2 rings (SSSR count). The summed E-state index contributed by atoms with van der Waals surface area (Å²) >= 11 is 0. The molecule has 1 aliphatic heterocycles. The maximum absolute atomic E-state index is 10.7. The van der Waals surface area contributed by atoms with Crippen LogP contribution in [0.5, 0.6) is 0 Å². The number of guanidine groups is 1. The third kappa shape index (κ3) is 8.00. The lowest BCUT2D eigenvalue weighted by Gasteiger charge is -2.16. The van der Waals surface area contributed by atoms with E-state index in [-0.39, 0.29) is 29.7 Å². The van der Waals surface area contributed by atoms with Gasteiger partial charge < -0.3 is 15.4 Å². The van der Waals surface area contributed by atoms with Crippen LogP contribution in [-0.4, -0.2) is 37.2 Å². The molecule has 1 unspecified atom stereocenters. The number of nitro benzene ring substituents is 1. The lowest BCUT2D eigenvalue weighted by Crippen LogP contribution is -2.41. The Balaban J connectivity index is 0.00000312. The lowest BCUT2D eigenvalue weighted by molar-refractivity contribution is -0.384. The molecule has 8 heteroatoms. The highest BCUT2D eigenvalue weighted by Crippen LogP contribution is 2.13. The molecule has 1 aromatic rings. The first kappa shape index (κ1) is 21.6. The third-order valence-electron chi connectivity index (χ3n) is 3.83. The summed E-state index contributed by atoms with van der Waals surface area (Å²) in [7, 11) is 0. The monoisotopic (exact) mass is 462 g/mol. The van der Waals surface area contributed by atoms with E-state index in [9.17, 15) is 10.1 Å². The predicted octanol–water partition coefficient (Wildman–Crippen LogP) is 2.94. The minimum atomic E-state index is -0.395. The van der Waals surface area contributed by atoms with E-state index in [0.29, 0.717) is 18.4 Å². The zero-order chi connectivity index (χ0) is 17.4. The lowest BCUT2D eigenvalue weighted by atomic mass is 10.1. The first-order valence-electron chi connectivity index (χ1n) is 8.38. The smallest absolute Gasteiger partial charge is 0.269 e. The van der Waals surface area contributed by atoms with Crippen molar-refractivity contribution in [3.8, 4) is 0 Å². The fraction of sp³-hybridized carbons (Fsp3) is 0.588. The highest BCUT2D eigenvalue weighted by molar-refractivity contribution is 14.0. The summed E-state index contributed by atoms with van der Waals surface area (Å²) in [5, 5.41) is 17.4. The second-order valence-corrected chi connectivity index (χ2v) is 6.47. The number of benzene rings is 1. The molecule has 0 spiro atoms. The molecule has 2 N–H and O–H groups in total. The van der Waals surface area contributed by atoms with E-state index < -0.39 is 4.92 Å². The van der Waals surface area contributed by atoms with Crippen molar-refractivity contribution in [1.29, 1.82) is 0 Å². The molecule has 1 aromatic carbocycles. The van der Waals surface area contributed by atoms with Gasteiger partial charge in [-0.25, -0.2) is 4.99 Å². The number of rotatable bonds is 7. The summed E-state index contributed by atoms with van der Waals surface area (Å²) in [6.07, 6.45) is 1.08. The number of aliphatic imine (C=N–C) groups is 1. The Labute approximate surface area is 165 Å². The van der Waals surface area contributed by atoms with Crippen LogP contribution in [-0.2, 0) is 11.3 Å². The molecule has 0 radical (unpaired) electrons. The minimum Gasteiger partial charge on any atom is -0.381 e. The van der Waals surface area contributed by atoms with E-state index in [2.05, 4.69) is 29.5 Å². The predicted molar refractivity (Wildman–Crippen MR) is 109 cm³/mol. The van der Waals surface area contributed by atoms with Gasteiger partial charge in [-0.1, -0.05) is 26.0 Å². The number of nitrogens with zero attached hydrogens (tertiary/aromatic N) is 2. The number of hydrogen-bond acceptors (Lipinski definition) is 4. The van der Waals surface area contributed by atoms with Crippen molar-refractivity contribution in [1.82, 2.24) is 10.6 Å². The molecule has 1 saturated heterocycles. The van der Waals surface area contributed by atoms with Crippen LogP contribution in [0, 0.1) is 22.0 Å². The van der Waals surface area contributed by atoms with Crippen LogP contribution in [0.1, 0.15) is 25.8 Å². The van der Waals surface area contributed by atoms with Crippen LogP contribution in [0.2, 0.25) is 0 Å². The molecule has 1 aliphatic rings. The Morgan fingerprint density at radius 1 is 1.36 bits per heavy atom. The van der Waals surface area contributed by atoms with Crippen LogP contribution in [0.4, 0.5) is 5.69 Å². The highest BCUT2D eigenvalue weighted by Gasteiger charge is 2.15. The molecule has 0 saturated carbocycles. The average molecular weight is 462 g/mol. The van der Waals surface area contributed by atoms with Crippen LogP contribution in [0.15, 0.2) is 29.3 Å². The van der Waals surface area contributed by atoms with Crippen LogP contribution in [0.25, 0.3) is 0 Å². The summed E-state index contributed by atoms with van der Waals surface area (Å²) in [4.78, 5) is 14.9. The molecule has 25 heavy (non-hydrogen) atoms. The largest absolute Gasteiger partial charge is 0.381 e. The molecule has 0 aromatic heterocycles. The standard InChI is InChI=1S/C17H26N4O3.HI/c1-13(2)9-18-17(20-11-15-7-8-24-12-15)19-10-14-3-5-16(6-4-14)21(22)23;/h3-6,13,15H,7-12H2,1-2H3,(H2,18,19,20);1H. The molecular formula is C17H27IN4O3. The van der Waals surface area contributed by atoms with Gasteiger partial charge in [-0.2, -0.15) is 0 Å². The summed E-state index contributed by atoms with van der Waals surface area (Å²) in [6.45, 7) is 8.08. The van der Waals surface area contributed by atoms with Gasteiger partial charge in [-0.05, 0) is 17.9 Å². The van der Waals surface area contributed by atoms with Gasteiger partial charge in [0.1, 0.15) is 0 Å². The van der Waals surface area contributed by atoms with Crippen LogP contribution < -0.4 is 10.6 Å². The molecule has 1 atom stereocenters. The Morgan fingerprint density at radius 3 is 2.64 bits per heavy atom. The molecule has 1 fully saturated rings. The maximum atomic E-state index is 10.7. The number of hydrogen-bond donors (Lipinski definition) is 2. The van der Waals surface area contributed by atoms with Gasteiger partial charge in [0, 0.05) is 37.7 Å². The van der Waals surface area contributed by atoms with E-state index in [1.807, 2.05) is 0 Å². The van der Waals surface area contributed by atoms with Gasteiger partial charge >= 0.3 is 0 Å². The second kappa shape index (κ2) is 11.2. The van der Waals surface area contributed by atoms with E-state index in [1.165, 1.54) is 12.1 Å². The molecule has 0 amide bonds. The fourth-order valence-electron chi connectivity index (χ4n) is 2.35. The first-order valence-corrected chi connectivity index (χ1v) is 8.38. The van der Waals surface area contributed by atoms with E-state index in [4.69, 9.17) is 4.74 Å². The first-order chi connectivity index (χ1) is 11.5. The van der Waals surface area contributed by atoms with Crippen molar-refractivity contribution >= 4 is 35.6 Å². The SMILES string of the molecule is CC(C)CNC(=NCc1ccc([N+](=O)[O-])cc1)NCC1CCOC1.I. The van der Waals surface area contributed by atoms with E-state index in [1.54, 1.807) is 12.1 Å². The zero-order valence-electron chi connectivity index (χ0n) is 14.7. The Hall–Kier alpha value is -1.42. The summed E-state index contributed by atoms with van der Waals surface area (Å²) in [5.74, 6) is 1.82. The quantitative estimate of drug-likeness (QED) is 0.214. The van der Waals surface area contributed by atoms with E-state index in [0.717, 1.165) is 44.2 Å². The van der Waals surface area contributed by atoms with Crippen molar-refractivity contribution in [3.63, 3.8) is 0 Å². The Bertz CT molecular complexity index is 558. The van der Waals surface area contributed by atoms with Gasteiger partial charge in [0.15, 0.2) is 5.96 Å². The number of halogens is 1. The normalized spacial score (nSPS) is 17.2. The van der Waals surface area contributed by atoms with Gasteiger partial charge in [0.2, 0.25) is 0 Å². The third-order valence-corrected chi connectivity index (χ3v) is 3.83. The summed E-state index contributed by atoms with van der Waals surface area (Å²) in [6, 6.07) is 6.50. The fourth-order valence-corrected chi connectivity index (χ4v) is 2.35. The van der Waals surface area contributed by atoms with Crippen molar-refractivity contribution in [2.75, 3.05) is 26.3 Å². The highest BCUT2D eigenvalue weighted by atomic mass is 127. The number of nitro groups is 1. The molecule has 0 bridgehead atoms. The molecule has 7 nitrogen and oxygen atoms in total. The topological polar surface area (TPSA) is 88.8 Å². The number of nitrogens with one attached hydrogen (secondary N) is 2. The number of non-ortho nitro benzene ring substituents is 1. The van der Waals surface area contributed by atoms with Crippen molar-refractivity contribution in [2.45, 2.75) is 26.8 Å². The average Bonchev–Trinajstić information content (AvgIpc) is 3.07. The van der Waals surface area contributed by atoms with Crippen LogP contribution in [0.3, 0.4) is 0 Å². The summed E-state index contributed by atoms with van der Waals surface area (Å²) < 4.78 is 5.39. The van der Waals surface area contributed by atoms with Crippen LogP contribution >= 0.6 is 24.0 Å². The molecular weight excluding hydrogens is 435 g/mol. The Kier molecular flexibility index (Phi) is 9.73. The van der Waals surface area contributed by atoms with Crippen molar-refractivity contribution in [3.05, 3.63) is 39.9 Å². The minimum absolute atomic E-state index is 0. The Morgan fingerprint density at radius 2 is 2.08 bits per heavy atom. The zero-order valence-corrected chi connectivity index (χ0v) is 17.1. The number of ether oxygens (including phenoxy) is 1. The van der Waals surface area contributed by atoms with Gasteiger partial charge in [0.05, 0.1) is 18.1 Å². The maximum Gasteiger partial charge on any atom is 0.269 e. The molecule has 0 aliphatic carbocycles. The second-order valence-electron chi connectivity index (χ2n) is 6.47. The van der Waals surface area contributed by atoms with Crippen molar-refractivity contribution in [2.24, 2.45) is 16.8 Å². The van der Waals surface area contributed by atoms with Gasteiger partial charge in [0.25, 0.3) is 5.69 Å². The van der Waals surface area contributed by atoms with E-state index >= 15 is 0 Å². The molecule has 140 valence electrons. The molecule has 1 heterocycles.